The summed E-state index contributed by atoms with van der Waals surface area (Å²) in [5.41, 5.74) is 1.99. The fourth-order valence-electron chi connectivity index (χ4n) is 3.03. The Kier molecular flexibility index (Phi) is 4.10. The van der Waals surface area contributed by atoms with E-state index in [-0.39, 0.29) is 24.3 Å². The molecule has 1 aliphatic heterocycles. The minimum atomic E-state index is -0.419. The van der Waals surface area contributed by atoms with E-state index >= 15 is 0 Å². The first kappa shape index (κ1) is 15.2. The fourth-order valence-corrected chi connectivity index (χ4v) is 3.03. The zero-order valence-corrected chi connectivity index (χ0v) is 13.2. The maximum atomic E-state index is 12.7. The standard InChI is InChI=1S/C18H19N3O2/c1-12-8-9-19-15(10-12)20-18(23)14-11-16(22)21(2)17(14)13-6-4-3-5-7-13/h3-10,14,17H,11H2,1-2H3,(H,19,20,23)/t14-,17+/m1/s1. The summed E-state index contributed by atoms with van der Waals surface area (Å²) in [6.45, 7) is 1.94. The van der Waals surface area contributed by atoms with Crippen LogP contribution in [0.15, 0.2) is 48.7 Å². The van der Waals surface area contributed by atoms with Crippen molar-refractivity contribution in [1.82, 2.24) is 9.88 Å². The number of hydrogen-bond donors (Lipinski definition) is 1. The predicted molar refractivity (Wildman–Crippen MR) is 87.7 cm³/mol. The highest BCUT2D eigenvalue weighted by Gasteiger charge is 2.42. The van der Waals surface area contributed by atoms with Crippen molar-refractivity contribution in [1.29, 1.82) is 0 Å². The van der Waals surface area contributed by atoms with Gasteiger partial charge in [-0.25, -0.2) is 4.98 Å². The molecule has 0 radical (unpaired) electrons. The highest BCUT2D eigenvalue weighted by Crippen LogP contribution is 2.37. The molecule has 0 aliphatic carbocycles. The summed E-state index contributed by atoms with van der Waals surface area (Å²) in [5, 5.41) is 2.84. The molecule has 118 valence electrons. The molecule has 1 saturated heterocycles. The molecule has 1 aromatic heterocycles. The van der Waals surface area contributed by atoms with Crippen LogP contribution in [0.3, 0.4) is 0 Å². The summed E-state index contributed by atoms with van der Waals surface area (Å²) in [4.78, 5) is 30.6. The van der Waals surface area contributed by atoms with Crippen molar-refractivity contribution in [2.24, 2.45) is 5.92 Å². The normalized spacial score (nSPS) is 20.6. The van der Waals surface area contributed by atoms with Gasteiger partial charge in [0.25, 0.3) is 0 Å². The number of carbonyl (C=O) groups is 2. The van der Waals surface area contributed by atoms with E-state index in [1.165, 1.54) is 0 Å². The topological polar surface area (TPSA) is 62.3 Å². The van der Waals surface area contributed by atoms with E-state index in [0.29, 0.717) is 5.82 Å². The second-order valence-electron chi connectivity index (χ2n) is 5.88. The molecule has 2 heterocycles. The maximum absolute atomic E-state index is 12.7. The molecule has 23 heavy (non-hydrogen) atoms. The number of aromatic nitrogens is 1. The summed E-state index contributed by atoms with van der Waals surface area (Å²) < 4.78 is 0. The lowest BCUT2D eigenvalue weighted by atomic mass is 9.93. The van der Waals surface area contributed by atoms with Crippen LogP contribution in [-0.4, -0.2) is 28.7 Å². The number of amides is 2. The zero-order chi connectivity index (χ0) is 16.4. The molecule has 5 heteroatoms. The molecule has 3 rings (SSSR count). The van der Waals surface area contributed by atoms with Crippen molar-refractivity contribution in [3.8, 4) is 0 Å². The van der Waals surface area contributed by atoms with E-state index < -0.39 is 5.92 Å². The number of benzene rings is 1. The Morgan fingerprint density at radius 2 is 2.00 bits per heavy atom. The summed E-state index contributed by atoms with van der Waals surface area (Å²) in [6.07, 6.45) is 1.87. The lowest BCUT2D eigenvalue weighted by Gasteiger charge is -2.24. The third-order valence-corrected chi connectivity index (χ3v) is 4.23. The van der Waals surface area contributed by atoms with Crippen molar-refractivity contribution in [2.45, 2.75) is 19.4 Å². The molecule has 0 unspecified atom stereocenters. The van der Waals surface area contributed by atoms with E-state index in [2.05, 4.69) is 10.3 Å². The van der Waals surface area contributed by atoms with E-state index in [0.717, 1.165) is 11.1 Å². The fraction of sp³-hybridized carbons (Fsp3) is 0.278. The number of nitrogens with one attached hydrogen (secondary N) is 1. The van der Waals surface area contributed by atoms with Crippen LogP contribution in [0, 0.1) is 12.8 Å². The van der Waals surface area contributed by atoms with Gasteiger partial charge >= 0.3 is 0 Å². The lowest BCUT2D eigenvalue weighted by molar-refractivity contribution is -0.127. The highest BCUT2D eigenvalue weighted by molar-refractivity contribution is 5.97. The van der Waals surface area contributed by atoms with Gasteiger partial charge in [0.05, 0.1) is 12.0 Å². The molecule has 2 aromatic rings. The monoisotopic (exact) mass is 309 g/mol. The van der Waals surface area contributed by atoms with Gasteiger partial charge in [-0.15, -0.1) is 0 Å². The summed E-state index contributed by atoms with van der Waals surface area (Å²) in [7, 11) is 1.75. The molecule has 0 bridgehead atoms. The second-order valence-corrected chi connectivity index (χ2v) is 5.88. The van der Waals surface area contributed by atoms with Crippen molar-refractivity contribution in [3.63, 3.8) is 0 Å². The summed E-state index contributed by atoms with van der Waals surface area (Å²) in [5.74, 6) is -0.0908. The lowest BCUT2D eigenvalue weighted by Crippen LogP contribution is -2.30. The number of carbonyl (C=O) groups excluding carboxylic acids is 2. The third-order valence-electron chi connectivity index (χ3n) is 4.23. The van der Waals surface area contributed by atoms with Gasteiger partial charge in [-0.1, -0.05) is 30.3 Å². The van der Waals surface area contributed by atoms with Crippen LogP contribution in [0.4, 0.5) is 5.82 Å². The van der Waals surface area contributed by atoms with Crippen LogP contribution in [0.25, 0.3) is 0 Å². The van der Waals surface area contributed by atoms with E-state index in [4.69, 9.17) is 0 Å². The Balaban J connectivity index is 1.84. The molecule has 1 N–H and O–H groups in total. The van der Waals surface area contributed by atoms with Crippen molar-refractivity contribution in [3.05, 3.63) is 59.8 Å². The number of rotatable bonds is 3. The first-order valence-corrected chi connectivity index (χ1v) is 7.60. The Morgan fingerprint density at radius 3 is 2.70 bits per heavy atom. The average molecular weight is 309 g/mol. The van der Waals surface area contributed by atoms with E-state index in [9.17, 15) is 9.59 Å². The number of anilines is 1. The molecular weight excluding hydrogens is 290 g/mol. The molecule has 1 aliphatic rings. The van der Waals surface area contributed by atoms with Crippen LogP contribution in [0.1, 0.15) is 23.6 Å². The zero-order valence-electron chi connectivity index (χ0n) is 13.2. The van der Waals surface area contributed by atoms with Gasteiger partial charge in [0, 0.05) is 19.7 Å². The SMILES string of the molecule is Cc1ccnc(NC(=O)[C@@H]2CC(=O)N(C)[C@H]2c2ccccc2)c1. The maximum Gasteiger partial charge on any atom is 0.231 e. The molecule has 0 spiro atoms. The Bertz CT molecular complexity index is 730. The number of hydrogen-bond acceptors (Lipinski definition) is 3. The van der Waals surface area contributed by atoms with Crippen molar-refractivity contribution in [2.75, 3.05) is 12.4 Å². The van der Waals surface area contributed by atoms with Crippen LogP contribution in [0.5, 0.6) is 0 Å². The van der Waals surface area contributed by atoms with Gasteiger partial charge in [0.1, 0.15) is 5.82 Å². The molecule has 1 fully saturated rings. The van der Waals surface area contributed by atoms with Gasteiger partial charge in [-0.05, 0) is 30.2 Å². The number of likely N-dealkylation sites (tertiary alicyclic amines) is 1. The Hall–Kier alpha value is -2.69. The first-order chi connectivity index (χ1) is 11.1. The largest absolute Gasteiger partial charge is 0.338 e. The smallest absolute Gasteiger partial charge is 0.231 e. The third kappa shape index (κ3) is 3.08. The van der Waals surface area contributed by atoms with Gasteiger partial charge in [0.2, 0.25) is 11.8 Å². The van der Waals surface area contributed by atoms with Gasteiger partial charge in [-0.3, -0.25) is 9.59 Å². The van der Waals surface area contributed by atoms with Crippen LogP contribution >= 0.6 is 0 Å². The Labute approximate surface area is 135 Å². The predicted octanol–water partition coefficient (Wildman–Crippen LogP) is 2.55. The van der Waals surface area contributed by atoms with Crippen LogP contribution in [0.2, 0.25) is 0 Å². The quantitative estimate of drug-likeness (QED) is 0.948. The molecule has 0 saturated carbocycles. The van der Waals surface area contributed by atoms with Gasteiger partial charge in [0.15, 0.2) is 0 Å². The molecule has 5 nitrogen and oxygen atoms in total. The van der Waals surface area contributed by atoms with Crippen molar-refractivity contribution >= 4 is 17.6 Å². The molecule has 2 atom stereocenters. The number of aryl methyl sites for hydroxylation is 1. The molecule has 1 aromatic carbocycles. The molecular formula is C18H19N3O2. The summed E-state index contributed by atoms with van der Waals surface area (Å²) >= 11 is 0. The van der Waals surface area contributed by atoms with Crippen molar-refractivity contribution < 1.29 is 9.59 Å². The first-order valence-electron chi connectivity index (χ1n) is 7.60. The minimum Gasteiger partial charge on any atom is -0.338 e. The average Bonchev–Trinajstić information content (AvgIpc) is 2.84. The highest BCUT2D eigenvalue weighted by atomic mass is 16.2. The van der Waals surface area contributed by atoms with E-state index in [1.54, 1.807) is 18.1 Å². The minimum absolute atomic E-state index is 0.0174. The summed E-state index contributed by atoms with van der Waals surface area (Å²) in [6, 6.07) is 13.1. The number of pyridine rings is 1. The number of nitrogens with zero attached hydrogens (tertiary/aromatic N) is 2. The second kappa shape index (κ2) is 6.20. The Morgan fingerprint density at radius 1 is 1.26 bits per heavy atom. The van der Waals surface area contributed by atoms with Gasteiger partial charge < -0.3 is 10.2 Å². The van der Waals surface area contributed by atoms with Crippen LogP contribution in [-0.2, 0) is 9.59 Å². The van der Waals surface area contributed by atoms with Gasteiger partial charge in [-0.2, -0.15) is 0 Å². The molecule has 2 amide bonds. The van der Waals surface area contributed by atoms with E-state index in [1.807, 2.05) is 49.4 Å². The van der Waals surface area contributed by atoms with Crippen LogP contribution < -0.4 is 5.32 Å².